The second-order valence-electron chi connectivity index (χ2n) is 13.2. The second-order valence-corrected chi connectivity index (χ2v) is 13.2. The lowest BCUT2D eigenvalue weighted by atomic mass is 9.90. The van der Waals surface area contributed by atoms with Gasteiger partial charge in [-0.15, -0.1) is 0 Å². The maximum absolute atomic E-state index is 13.4. The number of carbonyl (C=O) groups excluding carboxylic acids is 6. The molecule has 1 aliphatic heterocycles. The van der Waals surface area contributed by atoms with Gasteiger partial charge in [0.1, 0.15) is 30.5 Å². The van der Waals surface area contributed by atoms with Gasteiger partial charge in [-0.1, -0.05) is 43.3 Å². The smallest absolute Gasteiger partial charge is 0.408 e. The van der Waals surface area contributed by atoms with Crippen molar-refractivity contribution in [1.82, 2.24) is 5.32 Å². The lowest BCUT2D eigenvalue weighted by Gasteiger charge is -2.44. The molecule has 0 aliphatic carbocycles. The van der Waals surface area contributed by atoms with Gasteiger partial charge in [0.25, 0.3) is 0 Å². The summed E-state index contributed by atoms with van der Waals surface area (Å²) in [6.45, 7) is 10.8. The molecule has 2 aromatic rings. The van der Waals surface area contributed by atoms with Crippen LogP contribution in [0.1, 0.15) is 76.1 Å². The molecule has 3 rings (SSSR count). The number of hydrogen-bond acceptors (Lipinski definition) is 14. The summed E-state index contributed by atoms with van der Waals surface area (Å²) in [5, 5.41) is 2.65. The van der Waals surface area contributed by atoms with Crippen molar-refractivity contribution in [1.29, 1.82) is 0 Å². The van der Waals surface area contributed by atoms with Gasteiger partial charge < -0.3 is 43.2 Å². The van der Waals surface area contributed by atoms with Gasteiger partial charge in [-0.25, -0.2) is 14.4 Å². The first-order valence-corrected chi connectivity index (χ1v) is 16.7. The quantitative estimate of drug-likeness (QED) is 0.216. The Balaban J connectivity index is 2.03. The molecule has 0 saturated carbocycles. The highest BCUT2D eigenvalue weighted by molar-refractivity contribution is 5.90. The van der Waals surface area contributed by atoms with E-state index >= 15 is 0 Å². The molecule has 2 aromatic carbocycles. The largest absolute Gasteiger partial charge is 0.463 e. The van der Waals surface area contributed by atoms with Gasteiger partial charge in [0, 0.05) is 26.7 Å². The predicted octanol–water partition coefficient (Wildman–Crippen LogP) is 4.15. The van der Waals surface area contributed by atoms with Crippen LogP contribution < -0.4 is 5.32 Å². The van der Waals surface area contributed by atoms with Crippen molar-refractivity contribution in [2.75, 3.05) is 13.2 Å². The number of esters is 5. The third kappa shape index (κ3) is 12.9. The Hall–Kier alpha value is -5.02. The molecule has 15 heteroatoms. The van der Waals surface area contributed by atoms with E-state index in [0.717, 1.165) is 6.92 Å². The average Bonchev–Trinajstić information content (AvgIpc) is 3.06. The molecule has 1 aliphatic rings. The standard InChI is InChI=1S/C37H47NO14/c1-21-29(20-45-23(3)39)50-35(32(49-25(5)41)30(21)48-24(4)40)46-19-28(38-36(44)52-37(6,7)8)31(51-34(43)27-17-13-10-14-18-27)22(2)47-33(42)26-15-11-9-12-16-26/h9-18,21-22,28-32,35H,19-20H2,1-8H3,(H,38,44)/t21?,22-,28+,29?,30?,31-,32?,35?/m1/s1. The highest BCUT2D eigenvalue weighted by Gasteiger charge is 2.49. The average molecular weight is 730 g/mol. The van der Waals surface area contributed by atoms with Crippen molar-refractivity contribution >= 4 is 35.9 Å². The van der Waals surface area contributed by atoms with Gasteiger partial charge in [0.15, 0.2) is 18.5 Å². The Morgan fingerprint density at radius 2 is 1.29 bits per heavy atom. The number of carbonyl (C=O) groups is 6. The SMILES string of the molecule is CC(=O)OCC1OC(OC[C@H](NC(=O)OC(C)(C)C)[C@H](OC(=O)c2ccccc2)[C@@H](C)OC(=O)c2ccccc2)C(OC(C)=O)C(OC(C)=O)C1C. The van der Waals surface area contributed by atoms with Crippen LogP contribution in [0.4, 0.5) is 4.79 Å². The molecule has 52 heavy (non-hydrogen) atoms. The Labute approximate surface area is 302 Å². The molecule has 1 heterocycles. The number of ether oxygens (including phenoxy) is 8. The fourth-order valence-electron chi connectivity index (χ4n) is 5.27. The summed E-state index contributed by atoms with van der Waals surface area (Å²) in [4.78, 5) is 75.9. The first-order chi connectivity index (χ1) is 24.4. The van der Waals surface area contributed by atoms with E-state index in [2.05, 4.69) is 5.32 Å². The van der Waals surface area contributed by atoms with Crippen LogP contribution in [0.3, 0.4) is 0 Å². The zero-order valence-corrected chi connectivity index (χ0v) is 30.5. The summed E-state index contributed by atoms with van der Waals surface area (Å²) in [5.41, 5.74) is -0.552. The van der Waals surface area contributed by atoms with Crippen LogP contribution in [0.25, 0.3) is 0 Å². The molecule has 0 aromatic heterocycles. The molecule has 0 bridgehead atoms. The molecular weight excluding hydrogens is 682 g/mol. The van der Waals surface area contributed by atoms with E-state index in [9.17, 15) is 28.8 Å². The predicted molar refractivity (Wildman–Crippen MR) is 182 cm³/mol. The molecule has 15 nitrogen and oxygen atoms in total. The molecule has 1 saturated heterocycles. The summed E-state index contributed by atoms with van der Waals surface area (Å²) in [6.07, 6.45) is -8.36. The van der Waals surface area contributed by atoms with Crippen molar-refractivity contribution in [3.63, 3.8) is 0 Å². The van der Waals surface area contributed by atoms with E-state index < -0.39 is 96.9 Å². The van der Waals surface area contributed by atoms with Crippen LogP contribution in [-0.4, -0.2) is 97.6 Å². The summed E-state index contributed by atoms with van der Waals surface area (Å²) < 4.78 is 45.7. The molecule has 0 radical (unpaired) electrons. The molecule has 284 valence electrons. The minimum absolute atomic E-state index is 0.170. The van der Waals surface area contributed by atoms with Crippen molar-refractivity contribution in [3.8, 4) is 0 Å². The van der Waals surface area contributed by atoms with E-state index in [1.807, 2.05) is 0 Å². The van der Waals surface area contributed by atoms with E-state index in [4.69, 9.17) is 37.9 Å². The van der Waals surface area contributed by atoms with Crippen molar-refractivity contribution in [3.05, 3.63) is 71.8 Å². The topological polar surface area (TPSA) is 188 Å². The molecule has 1 amide bonds. The van der Waals surface area contributed by atoms with Crippen LogP contribution in [0.2, 0.25) is 0 Å². The normalized spacial score (nSPS) is 21.7. The Kier molecular flexibility index (Phi) is 15.1. The Bertz CT molecular complexity index is 1530. The molecule has 0 spiro atoms. The van der Waals surface area contributed by atoms with Crippen LogP contribution in [0, 0.1) is 5.92 Å². The lowest BCUT2D eigenvalue weighted by Crippen LogP contribution is -2.60. The first-order valence-electron chi connectivity index (χ1n) is 16.7. The van der Waals surface area contributed by atoms with Gasteiger partial charge in [-0.3, -0.25) is 14.4 Å². The van der Waals surface area contributed by atoms with Crippen molar-refractivity contribution in [2.45, 2.75) is 104 Å². The van der Waals surface area contributed by atoms with Crippen molar-refractivity contribution < 1.29 is 66.7 Å². The van der Waals surface area contributed by atoms with Gasteiger partial charge in [-0.05, 0) is 52.0 Å². The van der Waals surface area contributed by atoms with E-state index in [-0.39, 0.29) is 17.7 Å². The zero-order valence-electron chi connectivity index (χ0n) is 30.5. The molecule has 1 N–H and O–H groups in total. The third-order valence-corrected chi connectivity index (χ3v) is 7.62. The minimum Gasteiger partial charge on any atom is -0.463 e. The summed E-state index contributed by atoms with van der Waals surface area (Å²) in [7, 11) is 0. The fraction of sp³-hybridized carbons (Fsp3) is 0.514. The van der Waals surface area contributed by atoms with E-state index in [0.29, 0.717) is 0 Å². The number of rotatable bonds is 14. The zero-order chi connectivity index (χ0) is 38.6. The van der Waals surface area contributed by atoms with Crippen LogP contribution >= 0.6 is 0 Å². The van der Waals surface area contributed by atoms with Crippen LogP contribution in [0.5, 0.6) is 0 Å². The highest BCUT2D eigenvalue weighted by Crippen LogP contribution is 2.32. The fourth-order valence-corrected chi connectivity index (χ4v) is 5.27. The summed E-state index contributed by atoms with van der Waals surface area (Å²) in [6, 6.07) is 14.8. The van der Waals surface area contributed by atoms with Gasteiger partial charge >= 0.3 is 35.9 Å². The second kappa shape index (κ2) is 19.0. The monoisotopic (exact) mass is 729 g/mol. The molecular formula is C37H47NO14. The van der Waals surface area contributed by atoms with Gasteiger partial charge in [-0.2, -0.15) is 0 Å². The number of nitrogens with one attached hydrogen (secondary N) is 1. The molecule has 8 atom stereocenters. The van der Waals surface area contributed by atoms with Crippen LogP contribution in [-0.2, 0) is 52.3 Å². The van der Waals surface area contributed by atoms with Crippen molar-refractivity contribution in [2.24, 2.45) is 5.92 Å². The minimum atomic E-state index is -1.47. The lowest BCUT2D eigenvalue weighted by molar-refractivity contribution is -0.296. The number of hydrogen-bond donors (Lipinski definition) is 1. The first kappa shape index (κ1) is 41.4. The number of amides is 1. The molecule has 5 unspecified atom stereocenters. The van der Waals surface area contributed by atoms with Gasteiger partial charge in [0.2, 0.25) is 0 Å². The number of benzene rings is 2. The summed E-state index contributed by atoms with van der Waals surface area (Å²) >= 11 is 0. The Morgan fingerprint density at radius 3 is 1.79 bits per heavy atom. The van der Waals surface area contributed by atoms with E-state index in [1.165, 1.54) is 32.9 Å². The van der Waals surface area contributed by atoms with Gasteiger partial charge in [0.05, 0.1) is 23.8 Å². The Morgan fingerprint density at radius 1 is 0.769 bits per heavy atom. The van der Waals surface area contributed by atoms with E-state index in [1.54, 1.807) is 76.2 Å². The summed E-state index contributed by atoms with van der Waals surface area (Å²) in [5.74, 6) is -4.22. The molecule has 1 fully saturated rings. The number of alkyl carbamates (subject to hydrolysis) is 1. The third-order valence-electron chi connectivity index (χ3n) is 7.62. The maximum atomic E-state index is 13.4. The maximum Gasteiger partial charge on any atom is 0.408 e. The van der Waals surface area contributed by atoms with Crippen LogP contribution in [0.15, 0.2) is 60.7 Å². The highest BCUT2D eigenvalue weighted by atomic mass is 16.7.